The Kier molecular flexibility index (Phi) is 9.66. The summed E-state index contributed by atoms with van der Waals surface area (Å²) >= 11 is 0. The quantitative estimate of drug-likeness (QED) is 0.497. The number of rotatable bonds is 11. The molecule has 0 aromatic heterocycles. The normalized spacial score (nSPS) is 12.2. The van der Waals surface area contributed by atoms with Gasteiger partial charge in [-0.1, -0.05) is 0 Å². The fourth-order valence-corrected chi connectivity index (χ4v) is 1.62. The Morgan fingerprint density at radius 1 is 1.00 bits per heavy atom. The summed E-state index contributed by atoms with van der Waals surface area (Å²) in [4.78, 5) is 0. The predicted octanol–water partition coefficient (Wildman–Crippen LogP) is -0.433. The topological polar surface area (TPSA) is 76.7 Å². The van der Waals surface area contributed by atoms with Crippen molar-refractivity contribution in [2.75, 3.05) is 46.6 Å². The summed E-state index contributed by atoms with van der Waals surface area (Å²) in [5.74, 6) is 0. The lowest BCUT2D eigenvalue weighted by Gasteiger charge is -2.09. The Morgan fingerprint density at radius 2 is 1.53 bits per heavy atom. The number of hydrogen-bond donors (Lipinski definition) is 2. The van der Waals surface area contributed by atoms with Crippen LogP contribution in [0.3, 0.4) is 0 Å². The molecule has 0 amide bonds. The number of hydrogen-bond acceptors (Lipinski definition) is 5. The summed E-state index contributed by atoms with van der Waals surface area (Å²) in [6.45, 7) is 6.41. The Bertz CT molecular complexity index is 267. The summed E-state index contributed by atoms with van der Waals surface area (Å²) in [6, 6.07) is 0. The van der Waals surface area contributed by atoms with E-state index in [2.05, 4.69) is 10.0 Å². The van der Waals surface area contributed by atoms with Crippen LogP contribution in [0, 0.1) is 0 Å². The van der Waals surface area contributed by atoms with Crippen LogP contribution in [0.25, 0.3) is 0 Å². The minimum atomic E-state index is -3.17. The first kappa shape index (κ1) is 16.8. The molecule has 0 heterocycles. The van der Waals surface area contributed by atoms with E-state index in [1.165, 1.54) is 0 Å². The summed E-state index contributed by atoms with van der Waals surface area (Å²) < 4.78 is 35.6. The van der Waals surface area contributed by atoms with Crippen LogP contribution in [-0.4, -0.2) is 60.2 Å². The van der Waals surface area contributed by atoms with E-state index in [0.717, 1.165) is 6.54 Å². The van der Waals surface area contributed by atoms with Crippen molar-refractivity contribution in [3.63, 3.8) is 0 Å². The van der Waals surface area contributed by atoms with Gasteiger partial charge in [-0.05, 0) is 20.9 Å². The maximum atomic E-state index is 11.3. The van der Waals surface area contributed by atoms with Gasteiger partial charge in [-0.3, -0.25) is 0 Å². The van der Waals surface area contributed by atoms with Gasteiger partial charge in [-0.25, -0.2) is 13.1 Å². The summed E-state index contributed by atoms with van der Waals surface area (Å²) in [5.41, 5.74) is 0. The molecule has 0 aromatic rings. The lowest BCUT2D eigenvalue weighted by molar-refractivity contribution is 0.0515. The zero-order chi connectivity index (χ0) is 13.1. The molecule has 0 aliphatic rings. The van der Waals surface area contributed by atoms with Crippen LogP contribution in [0.1, 0.15) is 13.8 Å². The van der Waals surface area contributed by atoms with E-state index in [4.69, 9.17) is 9.47 Å². The fraction of sp³-hybridized carbons (Fsp3) is 1.00. The van der Waals surface area contributed by atoms with Crippen molar-refractivity contribution in [2.45, 2.75) is 19.1 Å². The number of nitrogens with one attached hydrogen (secondary N) is 2. The molecule has 0 aliphatic heterocycles. The van der Waals surface area contributed by atoms with Gasteiger partial charge >= 0.3 is 0 Å². The first-order chi connectivity index (χ1) is 8.00. The zero-order valence-electron chi connectivity index (χ0n) is 10.9. The second kappa shape index (κ2) is 9.78. The van der Waals surface area contributed by atoms with E-state index >= 15 is 0 Å². The maximum Gasteiger partial charge on any atom is 0.214 e. The standard InChI is InChI=1S/C10H24N2O4S/c1-10(2)17(13,14)12-5-7-16-9-8-15-6-4-11-3/h10-12H,4-9H2,1-3H3. The van der Waals surface area contributed by atoms with Gasteiger partial charge in [-0.2, -0.15) is 0 Å². The molecule has 0 saturated heterocycles. The Morgan fingerprint density at radius 3 is 2.00 bits per heavy atom. The van der Waals surface area contributed by atoms with Crippen LogP contribution < -0.4 is 10.0 Å². The molecule has 0 aromatic carbocycles. The van der Waals surface area contributed by atoms with Crippen molar-refractivity contribution < 1.29 is 17.9 Å². The van der Waals surface area contributed by atoms with Crippen LogP contribution in [0.5, 0.6) is 0 Å². The van der Waals surface area contributed by atoms with Crippen molar-refractivity contribution in [2.24, 2.45) is 0 Å². The van der Waals surface area contributed by atoms with Gasteiger partial charge in [0.25, 0.3) is 0 Å². The van der Waals surface area contributed by atoms with Crippen LogP contribution in [0.15, 0.2) is 0 Å². The van der Waals surface area contributed by atoms with Crippen LogP contribution in [0.2, 0.25) is 0 Å². The first-order valence-electron chi connectivity index (χ1n) is 5.79. The van der Waals surface area contributed by atoms with Crippen molar-refractivity contribution in [1.82, 2.24) is 10.0 Å². The number of sulfonamides is 1. The van der Waals surface area contributed by atoms with Crippen LogP contribution in [0.4, 0.5) is 0 Å². The van der Waals surface area contributed by atoms with Gasteiger partial charge in [0.1, 0.15) is 0 Å². The van der Waals surface area contributed by atoms with E-state index < -0.39 is 15.3 Å². The molecular formula is C10H24N2O4S. The van der Waals surface area contributed by atoms with E-state index in [1.54, 1.807) is 13.8 Å². The average molecular weight is 268 g/mol. The summed E-state index contributed by atoms with van der Waals surface area (Å²) in [7, 11) is -1.31. The molecule has 0 atom stereocenters. The summed E-state index contributed by atoms with van der Waals surface area (Å²) in [6.07, 6.45) is 0. The lowest BCUT2D eigenvalue weighted by Crippen LogP contribution is -2.33. The number of likely N-dealkylation sites (N-methyl/N-ethyl adjacent to an activating group) is 1. The Balaban J connectivity index is 3.30. The van der Waals surface area contributed by atoms with E-state index in [9.17, 15) is 8.42 Å². The largest absolute Gasteiger partial charge is 0.378 e. The zero-order valence-corrected chi connectivity index (χ0v) is 11.7. The molecular weight excluding hydrogens is 244 g/mol. The highest BCUT2D eigenvalue weighted by atomic mass is 32.2. The highest BCUT2D eigenvalue weighted by Gasteiger charge is 2.13. The van der Waals surface area contributed by atoms with Crippen LogP contribution >= 0.6 is 0 Å². The van der Waals surface area contributed by atoms with Gasteiger partial charge in [0.15, 0.2) is 0 Å². The SMILES string of the molecule is CNCCOCCOCCNS(=O)(=O)C(C)C. The third-order valence-corrected chi connectivity index (χ3v) is 3.89. The molecule has 104 valence electrons. The Hall–Kier alpha value is -0.210. The lowest BCUT2D eigenvalue weighted by atomic mass is 10.6. The van der Waals surface area contributed by atoms with E-state index in [1.807, 2.05) is 7.05 Å². The molecule has 0 fully saturated rings. The van der Waals surface area contributed by atoms with E-state index in [0.29, 0.717) is 33.0 Å². The smallest absolute Gasteiger partial charge is 0.214 e. The second-order valence-corrected chi connectivity index (χ2v) is 6.14. The van der Waals surface area contributed by atoms with Crippen molar-refractivity contribution in [3.05, 3.63) is 0 Å². The van der Waals surface area contributed by atoms with Gasteiger partial charge in [0, 0.05) is 13.1 Å². The highest BCUT2D eigenvalue weighted by Crippen LogP contribution is 1.94. The van der Waals surface area contributed by atoms with Crippen LogP contribution in [-0.2, 0) is 19.5 Å². The van der Waals surface area contributed by atoms with Crippen molar-refractivity contribution in [3.8, 4) is 0 Å². The molecule has 0 rings (SSSR count). The molecule has 0 saturated carbocycles. The molecule has 7 heteroatoms. The van der Waals surface area contributed by atoms with Gasteiger partial charge < -0.3 is 14.8 Å². The molecule has 0 bridgehead atoms. The first-order valence-corrected chi connectivity index (χ1v) is 7.34. The molecule has 0 unspecified atom stereocenters. The van der Waals surface area contributed by atoms with Crippen molar-refractivity contribution in [1.29, 1.82) is 0 Å². The minimum Gasteiger partial charge on any atom is -0.378 e. The monoisotopic (exact) mass is 268 g/mol. The van der Waals surface area contributed by atoms with Gasteiger partial charge in [0.05, 0.1) is 31.7 Å². The average Bonchev–Trinajstić information content (AvgIpc) is 2.26. The van der Waals surface area contributed by atoms with Crippen molar-refractivity contribution >= 4 is 10.0 Å². The third-order valence-electron chi connectivity index (χ3n) is 2.04. The molecule has 0 aliphatic carbocycles. The second-order valence-electron chi connectivity index (χ2n) is 3.82. The predicted molar refractivity (Wildman–Crippen MR) is 67.6 cm³/mol. The van der Waals surface area contributed by atoms with Gasteiger partial charge in [-0.15, -0.1) is 0 Å². The van der Waals surface area contributed by atoms with Gasteiger partial charge in [0.2, 0.25) is 10.0 Å². The van der Waals surface area contributed by atoms with E-state index in [-0.39, 0.29) is 0 Å². The maximum absolute atomic E-state index is 11.3. The highest BCUT2D eigenvalue weighted by molar-refractivity contribution is 7.90. The molecule has 0 radical (unpaired) electrons. The number of ether oxygens (including phenoxy) is 2. The molecule has 17 heavy (non-hydrogen) atoms. The fourth-order valence-electron chi connectivity index (χ4n) is 0.919. The molecule has 2 N–H and O–H groups in total. The summed E-state index contributed by atoms with van der Waals surface area (Å²) in [5, 5.41) is 2.55. The Labute approximate surface area is 104 Å². The minimum absolute atomic E-state index is 0.303. The molecule has 6 nitrogen and oxygen atoms in total. The third kappa shape index (κ3) is 9.49. The molecule has 0 spiro atoms.